The molecule has 0 saturated heterocycles. The molecule has 3 radical (unpaired) electrons. The van der Waals surface area contributed by atoms with Crippen LogP contribution in [0, 0.1) is 0 Å². The third kappa shape index (κ3) is 45.2. The van der Waals surface area contributed by atoms with E-state index in [4.69, 9.17) is 12.3 Å². The Morgan fingerprint density at radius 2 is 1.00 bits per heavy atom. The molecular weight excluding hydrogens is 198 g/mol. The van der Waals surface area contributed by atoms with Crippen LogP contribution < -0.4 is 0 Å². The molecule has 0 aromatic heterocycles. The third-order valence-corrected chi connectivity index (χ3v) is 0. The summed E-state index contributed by atoms with van der Waals surface area (Å²) in [5.74, 6) is 0. The predicted molar refractivity (Wildman–Crippen MR) is 18.2 cm³/mol. The van der Waals surface area contributed by atoms with E-state index in [-0.39, 0.29) is 18.0 Å². The van der Waals surface area contributed by atoms with Crippen molar-refractivity contribution in [3.63, 3.8) is 0 Å². The molecule has 5 heteroatoms. The SMILES string of the molecule is O[As](O)O.[As]. The number of hydrogen-bond donors (Lipinski definition) is 3. The van der Waals surface area contributed by atoms with Gasteiger partial charge in [-0.15, -0.1) is 0 Å². The van der Waals surface area contributed by atoms with Gasteiger partial charge in [0.15, 0.2) is 0 Å². The summed E-state index contributed by atoms with van der Waals surface area (Å²) in [7, 11) is 0. The monoisotopic (exact) mass is 201 g/mol. The van der Waals surface area contributed by atoms with Gasteiger partial charge in [0, 0.05) is 18.0 Å². The summed E-state index contributed by atoms with van der Waals surface area (Å²) >= 11 is -3.19. The van der Waals surface area contributed by atoms with Crippen LogP contribution in [0.2, 0.25) is 0 Å². The van der Waals surface area contributed by atoms with Gasteiger partial charge in [-0.05, 0) is 0 Å². The predicted octanol–water partition coefficient (Wildman–Crippen LogP) is -2.43. The zero-order chi connectivity index (χ0) is 3.58. The second-order valence-electron chi connectivity index (χ2n) is 0.268. The van der Waals surface area contributed by atoms with Crippen molar-refractivity contribution in [3.05, 3.63) is 0 Å². The van der Waals surface area contributed by atoms with Crippen molar-refractivity contribution in [2.45, 2.75) is 0 Å². The Kier molecular flexibility index (Phi) is 9.37. The Balaban J connectivity index is 0. The molecule has 0 saturated carbocycles. The Morgan fingerprint density at radius 3 is 1.00 bits per heavy atom. The summed E-state index contributed by atoms with van der Waals surface area (Å²) in [6.45, 7) is 0. The maximum Gasteiger partial charge on any atom is 0 e. The van der Waals surface area contributed by atoms with Gasteiger partial charge in [0.25, 0.3) is 0 Å². The van der Waals surface area contributed by atoms with E-state index in [1.165, 1.54) is 0 Å². The molecule has 0 atom stereocenters. The van der Waals surface area contributed by atoms with Crippen LogP contribution in [0.15, 0.2) is 0 Å². The number of rotatable bonds is 0. The smallest absolute Gasteiger partial charge is 0 e. The van der Waals surface area contributed by atoms with Crippen molar-refractivity contribution in [3.8, 4) is 0 Å². The molecule has 0 heterocycles. The van der Waals surface area contributed by atoms with Crippen molar-refractivity contribution in [1.82, 2.24) is 0 Å². The van der Waals surface area contributed by atoms with E-state index in [2.05, 4.69) is 0 Å². The topological polar surface area (TPSA) is 60.7 Å². The maximum atomic E-state index is 7.31. The molecule has 0 aromatic rings. The van der Waals surface area contributed by atoms with E-state index < -0.39 is 15.7 Å². The molecule has 31 valence electrons. The van der Waals surface area contributed by atoms with Crippen LogP contribution in [0.3, 0.4) is 0 Å². The first-order valence-corrected chi connectivity index (χ1v) is 3.12. The summed E-state index contributed by atoms with van der Waals surface area (Å²) in [6, 6.07) is 0. The van der Waals surface area contributed by atoms with Crippen LogP contribution in [-0.2, 0) is 0 Å². The van der Waals surface area contributed by atoms with E-state index >= 15 is 0 Å². The van der Waals surface area contributed by atoms with Gasteiger partial charge in [0.2, 0.25) is 0 Å². The second kappa shape index (κ2) is 5.00. The van der Waals surface area contributed by atoms with Crippen LogP contribution in [-0.4, -0.2) is 45.9 Å². The Bertz CT molecular complexity index is 9.61. The van der Waals surface area contributed by atoms with E-state index in [0.29, 0.717) is 0 Å². The summed E-state index contributed by atoms with van der Waals surface area (Å²) in [4.78, 5) is 0. The summed E-state index contributed by atoms with van der Waals surface area (Å²) < 4.78 is 21.9. The van der Waals surface area contributed by atoms with Crippen molar-refractivity contribution >= 4 is 33.6 Å². The zero-order valence-electron chi connectivity index (χ0n) is 2.24. The van der Waals surface area contributed by atoms with E-state index in [0.717, 1.165) is 0 Å². The molecule has 0 unspecified atom stereocenters. The van der Waals surface area contributed by atoms with Crippen molar-refractivity contribution in [2.75, 3.05) is 0 Å². The first kappa shape index (κ1) is 9.37. The molecule has 0 aromatic carbocycles. The Hall–Kier alpha value is 0.997. The van der Waals surface area contributed by atoms with Crippen LogP contribution in [0.1, 0.15) is 0 Å². The van der Waals surface area contributed by atoms with Crippen LogP contribution in [0.4, 0.5) is 0 Å². The Morgan fingerprint density at radius 1 is 1.00 bits per heavy atom. The van der Waals surface area contributed by atoms with Gasteiger partial charge in [-0.3, -0.25) is 0 Å². The normalized spacial score (nSPS) is 7.20. The molecule has 5 heavy (non-hydrogen) atoms. The molecule has 3 nitrogen and oxygen atoms in total. The summed E-state index contributed by atoms with van der Waals surface area (Å²) in [5.41, 5.74) is 0. The quantitative estimate of drug-likeness (QED) is 0.382. The Labute approximate surface area is 46.3 Å². The van der Waals surface area contributed by atoms with Gasteiger partial charge in [0.05, 0.1) is 0 Å². The molecule has 0 rings (SSSR count). The third-order valence-electron chi connectivity index (χ3n) is 0. The summed E-state index contributed by atoms with van der Waals surface area (Å²) in [6.07, 6.45) is 0. The molecule has 0 spiro atoms. The van der Waals surface area contributed by atoms with Gasteiger partial charge in [-0.25, -0.2) is 0 Å². The molecular formula is H3As2O3. The van der Waals surface area contributed by atoms with Gasteiger partial charge >= 0.3 is 28.0 Å². The maximum absolute atomic E-state index is 7.31. The van der Waals surface area contributed by atoms with Crippen LogP contribution >= 0.6 is 0 Å². The average molecular weight is 201 g/mol. The molecule has 0 fully saturated rings. The molecule has 0 aliphatic carbocycles. The fourth-order valence-corrected chi connectivity index (χ4v) is 0. The minimum Gasteiger partial charge on any atom is 0 e. The summed E-state index contributed by atoms with van der Waals surface area (Å²) in [5, 5.41) is 0. The van der Waals surface area contributed by atoms with E-state index in [1.807, 2.05) is 0 Å². The van der Waals surface area contributed by atoms with E-state index in [1.54, 1.807) is 0 Å². The first-order valence-electron chi connectivity index (χ1n) is 0.600. The molecule has 0 amide bonds. The fourth-order valence-electron chi connectivity index (χ4n) is 0. The molecule has 0 aliphatic heterocycles. The largest absolute Gasteiger partial charge is 0 e. The fraction of sp³-hybridized carbons (Fsp3) is 0. The minimum atomic E-state index is -3.19. The first-order chi connectivity index (χ1) is 1.73. The molecule has 3 N–H and O–H groups in total. The average Bonchev–Trinajstić information content (AvgIpc) is 0.811. The van der Waals surface area contributed by atoms with E-state index in [9.17, 15) is 0 Å². The van der Waals surface area contributed by atoms with Crippen molar-refractivity contribution in [1.29, 1.82) is 0 Å². The molecule has 0 bridgehead atoms. The molecule has 0 aliphatic rings. The van der Waals surface area contributed by atoms with Gasteiger partial charge in [-0.2, -0.15) is 0 Å². The van der Waals surface area contributed by atoms with Gasteiger partial charge in [0.1, 0.15) is 0 Å². The number of hydrogen-bond acceptors (Lipinski definition) is 3. The van der Waals surface area contributed by atoms with Gasteiger partial charge in [-0.1, -0.05) is 0 Å². The standard InChI is InChI=1S/AsH3O3.As/c2-1(3)4;/h2-4H;. The zero-order valence-corrected chi connectivity index (χ0v) is 5.99. The van der Waals surface area contributed by atoms with Crippen LogP contribution in [0.5, 0.6) is 0 Å². The second-order valence-corrected chi connectivity index (χ2v) is 1.39. The van der Waals surface area contributed by atoms with Gasteiger partial charge < -0.3 is 0 Å². The minimum absolute atomic E-state index is 0. The van der Waals surface area contributed by atoms with Crippen molar-refractivity contribution < 1.29 is 12.3 Å². The van der Waals surface area contributed by atoms with Crippen LogP contribution in [0.25, 0.3) is 0 Å². The van der Waals surface area contributed by atoms with Crippen molar-refractivity contribution in [2.24, 2.45) is 0 Å².